The summed E-state index contributed by atoms with van der Waals surface area (Å²) in [5, 5.41) is 2.69. The van der Waals surface area contributed by atoms with Gasteiger partial charge in [0.25, 0.3) is 0 Å². The first kappa shape index (κ1) is 9.60. The van der Waals surface area contributed by atoms with Crippen LogP contribution < -0.4 is 0 Å². The van der Waals surface area contributed by atoms with Crippen molar-refractivity contribution in [1.82, 2.24) is 0 Å². The molecule has 0 spiro atoms. The molecule has 0 bridgehead atoms. The minimum Gasteiger partial charge on any atom is -0.129 e. The van der Waals surface area contributed by atoms with E-state index in [0.717, 1.165) is 6.42 Å². The molecule has 0 atom stereocenters. The lowest BCUT2D eigenvalue weighted by atomic mass is 10.1. The van der Waals surface area contributed by atoms with E-state index in [9.17, 15) is 0 Å². The Morgan fingerprint density at radius 1 is 1.07 bits per heavy atom. The molecule has 0 saturated carbocycles. The van der Waals surface area contributed by atoms with Crippen LogP contribution in [0.3, 0.4) is 0 Å². The summed E-state index contributed by atoms with van der Waals surface area (Å²) in [5.41, 5.74) is 1.45. The summed E-state index contributed by atoms with van der Waals surface area (Å²) in [6.45, 7) is 2.21. The summed E-state index contributed by atoms with van der Waals surface area (Å²) in [5.74, 6) is 0. The van der Waals surface area contributed by atoms with Gasteiger partial charge in [-0.25, -0.2) is 0 Å². The van der Waals surface area contributed by atoms with Gasteiger partial charge in [0.2, 0.25) is 0 Å². The molecule has 72 valence electrons. The van der Waals surface area contributed by atoms with Crippen LogP contribution in [-0.2, 0) is 6.42 Å². The fourth-order valence-corrected chi connectivity index (χ4v) is 2.44. The third-order valence-corrected chi connectivity index (χ3v) is 3.35. The highest BCUT2D eigenvalue weighted by Crippen LogP contribution is 2.26. The molecule has 0 saturated heterocycles. The van der Waals surface area contributed by atoms with Crippen LogP contribution in [0.1, 0.15) is 12.5 Å². The van der Waals surface area contributed by atoms with Crippen molar-refractivity contribution in [2.75, 3.05) is 6.26 Å². The zero-order valence-corrected chi connectivity index (χ0v) is 9.40. The summed E-state index contributed by atoms with van der Waals surface area (Å²) >= 11 is 1.83. The zero-order chi connectivity index (χ0) is 9.97. The highest BCUT2D eigenvalue weighted by atomic mass is 32.2. The molecule has 2 aromatic rings. The van der Waals surface area contributed by atoms with Crippen LogP contribution in [0.4, 0.5) is 0 Å². The van der Waals surface area contributed by atoms with Crippen molar-refractivity contribution < 1.29 is 0 Å². The van der Waals surface area contributed by atoms with E-state index in [-0.39, 0.29) is 0 Å². The molecule has 0 aromatic heterocycles. The largest absolute Gasteiger partial charge is 0.129 e. The van der Waals surface area contributed by atoms with Crippen molar-refractivity contribution in [2.24, 2.45) is 0 Å². The Bertz CT molecular complexity index is 403. The van der Waals surface area contributed by atoms with Gasteiger partial charge in [-0.2, -0.15) is 0 Å². The van der Waals surface area contributed by atoms with Gasteiger partial charge >= 0.3 is 0 Å². The molecule has 0 heterocycles. The lowest BCUT2D eigenvalue weighted by Crippen LogP contribution is -1.85. The highest BCUT2D eigenvalue weighted by molar-refractivity contribution is 7.98. The normalized spacial score (nSPS) is 10.7. The zero-order valence-electron chi connectivity index (χ0n) is 8.58. The lowest BCUT2D eigenvalue weighted by molar-refractivity contribution is 1.09. The van der Waals surface area contributed by atoms with Crippen LogP contribution in [0.2, 0.25) is 0 Å². The average Bonchev–Trinajstić information content (AvgIpc) is 2.27. The van der Waals surface area contributed by atoms with Gasteiger partial charge in [-0.3, -0.25) is 0 Å². The van der Waals surface area contributed by atoms with E-state index in [1.165, 1.54) is 21.2 Å². The first-order valence-electron chi connectivity index (χ1n) is 4.91. The van der Waals surface area contributed by atoms with E-state index in [1.54, 1.807) is 0 Å². The molecule has 0 aliphatic heterocycles. The predicted molar refractivity (Wildman–Crippen MR) is 65.1 cm³/mol. The molecule has 2 aromatic carbocycles. The van der Waals surface area contributed by atoms with Crippen LogP contribution in [0.15, 0.2) is 41.3 Å². The van der Waals surface area contributed by atoms with Crippen molar-refractivity contribution in [3.63, 3.8) is 0 Å². The van der Waals surface area contributed by atoms with Crippen LogP contribution in [0.25, 0.3) is 10.8 Å². The maximum absolute atomic E-state index is 2.31. The Morgan fingerprint density at radius 2 is 1.71 bits per heavy atom. The topological polar surface area (TPSA) is 0 Å². The molecule has 0 radical (unpaired) electrons. The first-order valence-corrected chi connectivity index (χ1v) is 6.13. The van der Waals surface area contributed by atoms with Crippen molar-refractivity contribution in [3.05, 3.63) is 42.0 Å². The van der Waals surface area contributed by atoms with Crippen molar-refractivity contribution >= 4 is 22.5 Å². The van der Waals surface area contributed by atoms with Gasteiger partial charge in [0.15, 0.2) is 0 Å². The van der Waals surface area contributed by atoms with Gasteiger partial charge < -0.3 is 0 Å². The molecule has 14 heavy (non-hydrogen) atoms. The van der Waals surface area contributed by atoms with Crippen LogP contribution in [0, 0.1) is 0 Å². The van der Waals surface area contributed by atoms with Gasteiger partial charge in [0.1, 0.15) is 0 Å². The number of aryl methyl sites for hydroxylation is 1. The quantitative estimate of drug-likeness (QED) is 0.660. The molecular formula is C13H14S. The number of fused-ring (bicyclic) bond motifs is 1. The molecule has 1 heteroatoms. The monoisotopic (exact) mass is 202 g/mol. The predicted octanol–water partition coefficient (Wildman–Crippen LogP) is 4.12. The summed E-state index contributed by atoms with van der Waals surface area (Å²) in [7, 11) is 0. The number of hydrogen-bond acceptors (Lipinski definition) is 1. The fourth-order valence-electron chi connectivity index (χ4n) is 1.73. The van der Waals surface area contributed by atoms with Crippen LogP contribution in [-0.4, -0.2) is 6.26 Å². The Kier molecular flexibility index (Phi) is 2.78. The van der Waals surface area contributed by atoms with Crippen molar-refractivity contribution in [2.45, 2.75) is 18.2 Å². The molecule has 0 nitrogen and oxygen atoms in total. The Morgan fingerprint density at radius 3 is 2.29 bits per heavy atom. The van der Waals surface area contributed by atoms with Crippen LogP contribution in [0.5, 0.6) is 0 Å². The SMILES string of the molecule is CCc1cc2ccccc2cc1SC. The van der Waals surface area contributed by atoms with Gasteiger partial charge in [-0.05, 0) is 35.1 Å². The Hall–Kier alpha value is -0.950. The van der Waals surface area contributed by atoms with Gasteiger partial charge in [-0.15, -0.1) is 11.8 Å². The van der Waals surface area contributed by atoms with E-state index >= 15 is 0 Å². The third kappa shape index (κ3) is 1.64. The minimum atomic E-state index is 1.11. The van der Waals surface area contributed by atoms with Gasteiger partial charge in [0.05, 0.1) is 0 Å². The average molecular weight is 202 g/mol. The second-order valence-corrected chi connectivity index (χ2v) is 4.21. The second-order valence-electron chi connectivity index (χ2n) is 3.36. The number of benzene rings is 2. The van der Waals surface area contributed by atoms with E-state index < -0.39 is 0 Å². The molecule has 2 rings (SSSR count). The van der Waals surface area contributed by atoms with E-state index in [1.807, 2.05) is 11.8 Å². The van der Waals surface area contributed by atoms with Crippen LogP contribution >= 0.6 is 11.8 Å². The Labute approximate surface area is 89.3 Å². The highest BCUT2D eigenvalue weighted by Gasteiger charge is 2.01. The second kappa shape index (κ2) is 4.05. The first-order chi connectivity index (χ1) is 6.85. The molecular weight excluding hydrogens is 188 g/mol. The molecule has 0 fully saturated rings. The lowest BCUT2D eigenvalue weighted by Gasteiger charge is -2.07. The van der Waals surface area contributed by atoms with Crippen molar-refractivity contribution in [1.29, 1.82) is 0 Å². The standard InChI is InChI=1S/C13H14S/c1-3-10-8-11-6-4-5-7-12(11)9-13(10)14-2/h4-9H,3H2,1-2H3. The number of rotatable bonds is 2. The smallest absolute Gasteiger partial charge is 0.0107 e. The number of thioether (sulfide) groups is 1. The Balaban J connectivity index is 2.69. The molecule has 0 aliphatic rings. The van der Waals surface area contributed by atoms with E-state index in [0.29, 0.717) is 0 Å². The van der Waals surface area contributed by atoms with Crippen molar-refractivity contribution in [3.8, 4) is 0 Å². The van der Waals surface area contributed by atoms with Gasteiger partial charge in [-0.1, -0.05) is 37.3 Å². The summed E-state index contributed by atoms with van der Waals surface area (Å²) in [6, 6.07) is 13.1. The number of hydrogen-bond donors (Lipinski definition) is 0. The third-order valence-electron chi connectivity index (χ3n) is 2.53. The fraction of sp³-hybridized carbons (Fsp3) is 0.231. The maximum Gasteiger partial charge on any atom is 0.0107 e. The molecule has 0 amide bonds. The summed E-state index contributed by atoms with van der Waals surface area (Å²) in [4.78, 5) is 1.41. The van der Waals surface area contributed by atoms with Gasteiger partial charge in [0, 0.05) is 4.90 Å². The summed E-state index contributed by atoms with van der Waals surface area (Å²) < 4.78 is 0. The van der Waals surface area contributed by atoms with E-state index in [4.69, 9.17) is 0 Å². The van der Waals surface area contributed by atoms with E-state index in [2.05, 4.69) is 49.6 Å². The summed E-state index contributed by atoms with van der Waals surface area (Å²) in [6.07, 6.45) is 3.25. The maximum atomic E-state index is 2.31. The minimum absolute atomic E-state index is 1.11. The molecule has 0 unspecified atom stereocenters. The molecule has 0 aliphatic carbocycles. The molecule has 0 N–H and O–H groups in total.